The van der Waals surface area contributed by atoms with Crippen molar-refractivity contribution in [1.82, 2.24) is 9.88 Å². The van der Waals surface area contributed by atoms with Gasteiger partial charge in [0, 0.05) is 23.8 Å². The number of pyridine rings is 1. The van der Waals surface area contributed by atoms with Crippen LogP contribution in [0.1, 0.15) is 37.2 Å². The third-order valence-electron chi connectivity index (χ3n) is 4.23. The lowest BCUT2D eigenvalue weighted by molar-refractivity contribution is -0.151. The molecule has 114 valence electrons. The van der Waals surface area contributed by atoms with Crippen LogP contribution in [0.4, 0.5) is 0 Å². The molecule has 1 unspecified atom stereocenters. The molecule has 1 atom stereocenters. The maximum absolute atomic E-state index is 12.5. The number of carbonyl (C=O) groups is 2. The fourth-order valence-corrected chi connectivity index (χ4v) is 2.82. The van der Waals surface area contributed by atoms with Gasteiger partial charge in [0.2, 0.25) is 0 Å². The molecule has 0 spiro atoms. The van der Waals surface area contributed by atoms with Crippen molar-refractivity contribution in [2.75, 3.05) is 13.1 Å². The Hall–Kier alpha value is -1.43. The number of rotatable bonds is 3. The highest BCUT2D eigenvalue weighted by molar-refractivity contribution is 9.10. The molecular formula is C15H19BrN2O3. The number of aromatic nitrogens is 1. The molecular weight excluding hydrogens is 336 g/mol. The van der Waals surface area contributed by atoms with Crippen molar-refractivity contribution in [2.24, 2.45) is 11.3 Å². The standard InChI is InChI=1S/C15H19BrN2O3/c1-15(2,14(20)21)10-4-3-7-18(9-10)13(19)12-6-5-11(16)8-17-12/h5-6,8,10H,3-4,7,9H2,1-2H3,(H,20,21). The van der Waals surface area contributed by atoms with E-state index in [9.17, 15) is 14.7 Å². The number of hydrogen-bond acceptors (Lipinski definition) is 3. The summed E-state index contributed by atoms with van der Waals surface area (Å²) in [7, 11) is 0. The van der Waals surface area contributed by atoms with Gasteiger partial charge >= 0.3 is 5.97 Å². The first kappa shape index (κ1) is 15.9. The number of carboxylic acid groups (broad SMARTS) is 1. The van der Waals surface area contributed by atoms with Crippen LogP contribution < -0.4 is 0 Å². The van der Waals surface area contributed by atoms with Gasteiger partial charge in [0.05, 0.1) is 5.41 Å². The zero-order chi connectivity index (χ0) is 15.6. The number of carbonyl (C=O) groups excluding carboxylic acids is 1. The fraction of sp³-hybridized carbons (Fsp3) is 0.533. The van der Waals surface area contributed by atoms with E-state index in [4.69, 9.17) is 0 Å². The van der Waals surface area contributed by atoms with Gasteiger partial charge in [-0.2, -0.15) is 0 Å². The number of hydrogen-bond donors (Lipinski definition) is 1. The summed E-state index contributed by atoms with van der Waals surface area (Å²) in [5, 5.41) is 9.34. The number of amides is 1. The van der Waals surface area contributed by atoms with Crippen LogP contribution >= 0.6 is 15.9 Å². The van der Waals surface area contributed by atoms with Crippen molar-refractivity contribution < 1.29 is 14.7 Å². The SMILES string of the molecule is CC(C)(C(=O)O)C1CCCN(C(=O)c2ccc(Br)cn2)C1. The molecule has 1 aromatic heterocycles. The van der Waals surface area contributed by atoms with E-state index in [2.05, 4.69) is 20.9 Å². The summed E-state index contributed by atoms with van der Waals surface area (Å²) >= 11 is 3.29. The summed E-state index contributed by atoms with van der Waals surface area (Å²) in [4.78, 5) is 29.7. The van der Waals surface area contributed by atoms with Crippen LogP contribution in [0.25, 0.3) is 0 Å². The average molecular weight is 355 g/mol. The minimum Gasteiger partial charge on any atom is -0.481 e. The Kier molecular flexibility index (Phi) is 4.66. The second-order valence-electron chi connectivity index (χ2n) is 5.98. The predicted molar refractivity (Wildman–Crippen MR) is 82.0 cm³/mol. The van der Waals surface area contributed by atoms with Gasteiger partial charge < -0.3 is 10.0 Å². The van der Waals surface area contributed by atoms with Crippen molar-refractivity contribution in [1.29, 1.82) is 0 Å². The molecule has 0 aromatic carbocycles. The van der Waals surface area contributed by atoms with Crippen LogP contribution in [0.2, 0.25) is 0 Å². The third kappa shape index (κ3) is 3.43. The first-order chi connectivity index (χ1) is 9.82. The van der Waals surface area contributed by atoms with Crippen LogP contribution in [-0.2, 0) is 4.79 Å². The molecule has 2 rings (SSSR count). The van der Waals surface area contributed by atoms with Gasteiger partial charge in [-0.25, -0.2) is 4.98 Å². The Morgan fingerprint density at radius 3 is 2.71 bits per heavy atom. The van der Waals surface area contributed by atoms with Gasteiger partial charge in [0.25, 0.3) is 5.91 Å². The molecule has 1 amide bonds. The van der Waals surface area contributed by atoms with E-state index in [0.29, 0.717) is 18.8 Å². The van der Waals surface area contributed by atoms with Gasteiger partial charge in [-0.1, -0.05) is 0 Å². The Morgan fingerprint density at radius 1 is 1.43 bits per heavy atom. The molecule has 1 aromatic rings. The third-order valence-corrected chi connectivity index (χ3v) is 4.70. The summed E-state index contributed by atoms with van der Waals surface area (Å²) in [5.41, 5.74) is -0.432. The van der Waals surface area contributed by atoms with Gasteiger partial charge in [0.15, 0.2) is 0 Å². The van der Waals surface area contributed by atoms with E-state index in [1.807, 2.05) is 0 Å². The number of piperidine rings is 1. The first-order valence-electron chi connectivity index (χ1n) is 6.96. The van der Waals surface area contributed by atoms with E-state index < -0.39 is 11.4 Å². The maximum atomic E-state index is 12.5. The second-order valence-corrected chi connectivity index (χ2v) is 6.89. The first-order valence-corrected chi connectivity index (χ1v) is 7.76. The molecule has 21 heavy (non-hydrogen) atoms. The Labute approximate surface area is 132 Å². The molecule has 1 N–H and O–H groups in total. The lowest BCUT2D eigenvalue weighted by Gasteiger charge is -2.39. The fourth-order valence-electron chi connectivity index (χ4n) is 2.59. The largest absolute Gasteiger partial charge is 0.481 e. The molecule has 0 bridgehead atoms. The zero-order valence-corrected chi connectivity index (χ0v) is 13.8. The van der Waals surface area contributed by atoms with Gasteiger partial charge in [-0.15, -0.1) is 0 Å². The van der Waals surface area contributed by atoms with E-state index in [-0.39, 0.29) is 11.8 Å². The molecule has 0 radical (unpaired) electrons. The van der Waals surface area contributed by atoms with Crippen LogP contribution in [0.3, 0.4) is 0 Å². The quantitative estimate of drug-likeness (QED) is 0.905. The molecule has 6 heteroatoms. The highest BCUT2D eigenvalue weighted by Gasteiger charge is 2.40. The second kappa shape index (κ2) is 6.13. The summed E-state index contributed by atoms with van der Waals surface area (Å²) in [6.45, 7) is 4.58. The Morgan fingerprint density at radius 2 is 2.14 bits per heavy atom. The summed E-state index contributed by atoms with van der Waals surface area (Å²) in [5.74, 6) is -0.986. The number of aliphatic carboxylic acids is 1. The minimum atomic E-state index is -0.827. The highest BCUT2D eigenvalue weighted by atomic mass is 79.9. The highest BCUT2D eigenvalue weighted by Crippen LogP contribution is 2.34. The Bertz CT molecular complexity index is 542. The van der Waals surface area contributed by atoms with Gasteiger partial charge in [-0.3, -0.25) is 9.59 Å². The molecule has 0 aliphatic carbocycles. The number of likely N-dealkylation sites (tertiary alicyclic amines) is 1. The molecule has 1 fully saturated rings. The number of carboxylic acids is 1. The van der Waals surface area contributed by atoms with Crippen molar-refractivity contribution in [3.05, 3.63) is 28.5 Å². The monoisotopic (exact) mass is 354 g/mol. The normalized spacial score (nSPS) is 19.4. The molecule has 0 saturated carbocycles. The molecule has 1 aliphatic heterocycles. The summed E-state index contributed by atoms with van der Waals surface area (Å²) < 4.78 is 0.822. The smallest absolute Gasteiger partial charge is 0.309 e. The lowest BCUT2D eigenvalue weighted by Crippen LogP contribution is -2.47. The van der Waals surface area contributed by atoms with Crippen molar-refractivity contribution >= 4 is 27.8 Å². The topological polar surface area (TPSA) is 70.5 Å². The van der Waals surface area contributed by atoms with Crippen LogP contribution in [-0.4, -0.2) is 40.0 Å². The molecule has 1 aliphatic rings. The minimum absolute atomic E-state index is 0.0388. The average Bonchev–Trinajstić information content (AvgIpc) is 2.47. The zero-order valence-electron chi connectivity index (χ0n) is 12.2. The van der Waals surface area contributed by atoms with E-state index in [0.717, 1.165) is 17.3 Å². The molecule has 1 saturated heterocycles. The van der Waals surface area contributed by atoms with Crippen molar-refractivity contribution in [3.8, 4) is 0 Å². The van der Waals surface area contributed by atoms with Crippen LogP contribution in [0.15, 0.2) is 22.8 Å². The number of halogens is 1. The van der Waals surface area contributed by atoms with Gasteiger partial charge in [0.1, 0.15) is 5.69 Å². The lowest BCUT2D eigenvalue weighted by atomic mass is 9.74. The predicted octanol–water partition coefficient (Wildman–Crippen LogP) is 2.81. The van der Waals surface area contributed by atoms with Crippen LogP contribution in [0, 0.1) is 11.3 Å². The molecule has 2 heterocycles. The molecule has 5 nitrogen and oxygen atoms in total. The van der Waals surface area contributed by atoms with Crippen LogP contribution in [0.5, 0.6) is 0 Å². The number of nitrogens with zero attached hydrogens (tertiary/aromatic N) is 2. The van der Waals surface area contributed by atoms with E-state index in [1.54, 1.807) is 37.1 Å². The maximum Gasteiger partial charge on any atom is 0.309 e. The summed E-state index contributed by atoms with van der Waals surface area (Å²) in [6.07, 6.45) is 3.25. The Balaban J connectivity index is 2.12. The van der Waals surface area contributed by atoms with E-state index >= 15 is 0 Å². The van der Waals surface area contributed by atoms with Crippen molar-refractivity contribution in [2.45, 2.75) is 26.7 Å². The summed E-state index contributed by atoms with van der Waals surface area (Å²) in [6, 6.07) is 3.46. The van der Waals surface area contributed by atoms with Gasteiger partial charge in [-0.05, 0) is 60.7 Å². The van der Waals surface area contributed by atoms with E-state index in [1.165, 1.54) is 0 Å². The van der Waals surface area contributed by atoms with Crippen molar-refractivity contribution in [3.63, 3.8) is 0 Å².